The van der Waals surface area contributed by atoms with Crippen molar-refractivity contribution in [3.05, 3.63) is 107 Å². The highest BCUT2D eigenvalue weighted by molar-refractivity contribution is 6.07. The molecule has 0 saturated carbocycles. The number of hydrogen-bond donors (Lipinski definition) is 3. The lowest BCUT2D eigenvalue weighted by Gasteiger charge is -2.27. The standard InChI is InChI=1S/C26H24F2N8/c1-35(15-17-7-3-2-4-8-17)26-30-14-19-24(33-34-29)31-22-9-5-6-10-23(22)36(25(19)32-26)16-18-11-12-20(27)21(28)13-18/h2-14,34H,15-16,29H2,1H3,(H,31,33). The van der Waals surface area contributed by atoms with Crippen molar-refractivity contribution in [2.24, 2.45) is 10.8 Å². The van der Waals surface area contributed by atoms with Crippen LogP contribution in [0.3, 0.4) is 0 Å². The first-order valence-corrected chi connectivity index (χ1v) is 11.3. The van der Waals surface area contributed by atoms with Crippen LogP contribution < -0.4 is 26.6 Å². The van der Waals surface area contributed by atoms with Gasteiger partial charge in [-0.25, -0.2) is 18.8 Å². The van der Waals surface area contributed by atoms with E-state index in [1.54, 1.807) is 12.3 Å². The van der Waals surface area contributed by atoms with Crippen LogP contribution in [0.15, 0.2) is 84.0 Å². The summed E-state index contributed by atoms with van der Waals surface area (Å²) in [4.78, 5) is 18.1. The highest BCUT2D eigenvalue weighted by atomic mass is 19.2. The Morgan fingerprint density at radius 1 is 0.944 bits per heavy atom. The van der Waals surface area contributed by atoms with Crippen molar-refractivity contribution in [1.29, 1.82) is 0 Å². The summed E-state index contributed by atoms with van der Waals surface area (Å²) >= 11 is 0. The topological polar surface area (TPSA) is 94.7 Å². The van der Waals surface area contributed by atoms with Gasteiger partial charge in [0.1, 0.15) is 5.82 Å². The largest absolute Gasteiger partial charge is 0.339 e. The molecule has 8 nitrogen and oxygen atoms in total. The van der Waals surface area contributed by atoms with Crippen molar-refractivity contribution in [1.82, 2.24) is 20.9 Å². The Balaban J connectivity index is 1.62. The number of hydrogen-bond acceptors (Lipinski definition) is 8. The third kappa shape index (κ3) is 4.72. The Morgan fingerprint density at radius 2 is 1.72 bits per heavy atom. The zero-order valence-electron chi connectivity index (χ0n) is 19.5. The van der Waals surface area contributed by atoms with Crippen LogP contribution in [0, 0.1) is 11.6 Å². The van der Waals surface area contributed by atoms with Gasteiger partial charge in [-0.3, -0.25) is 11.3 Å². The Kier molecular flexibility index (Phi) is 6.52. The minimum atomic E-state index is -0.910. The molecule has 0 atom stereocenters. The number of rotatable bonds is 6. The molecule has 1 aliphatic rings. The number of fused-ring (bicyclic) bond motifs is 2. The van der Waals surface area contributed by atoms with Gasteiger partial charge >= 0.3 is 0 Å². The molecule has 0 bridgehead atoms. The predicted octanol–water partition coefficient (Wildman–Crippen LogP) is 4.09. The molecule has 1 aromatic heterocycles. The first-order chi connectivity index (χ1) is 17.5. The van der Waals surface area contributed by atoms with Crippen LogP contribution in [0.5, 0.6) is 0 Å². The van der Waals surface area contributed by atoms with Gasteiger partial charge in [-0.1, -0.05) is 48.5 Å². The van der Waals surface area contributed by atoms with Crippen molar-refractivity contribution in [3.63, 3.8) is 0 Å². The molecule has 0 fully saturated rings. The van der Waals surface area contributed by atoms with Gasteiger partial charge in [0.05, 0.1) is 16.9 Å². The number of aliphatic imine (C=N–C) groups is 1. The average molecular weight is 487 g/mol. The van der Waals surface area contributed by atoms with Crippen LogP contribution in [-0.2, 0) is 13.1 Å². The number of hydrazine groups is 2. The van der Waals surface area contributed by atoms with Crippen LogP contribution in [-0.4, -0.2) is 22.9 Å². The lowest BCUT2D eigenvalue weighted by molar-refractivity contribution is 0.507. The minimum Gasteiger partial charge on any atom is -0.339 e. The van der Waals surface area contributed by atoms with Crippen molar-refractivity contribution < 1.29 is 8.78 Å². The van der Waals surface area contributed by atoms with Crippen molar-refractivity contribution >= 4 is 29.0 Å². The second-order valence-corrected chi connectivity index (χ2v) is 8.30. The SMILES string of the molecule is CN(Cc1ccccc1)c1ncc2c(n1)N(Cc1ccc(F)c(F)c1)c1ccccc1N=C2NNN. The van der Waals surface area contributed by atoms with Gasteiger partial charge in [0.2, 0.25) is 5.95 Å². The van der Waals surface area contributed by atoms with Crippen LogP contribution in [0.2, 0.25) is 0 Å². The lowest BCUT2D eigenvalue weighted by atomic mass is 10.1. The van der Waals surface area contributed by atoms with E-state index in [9.17, 15) is 8.78 Å². The maximum absolute atomic E-state index is 14.1. The molecule has 0 radical (unpaired) electrons. The third-order valence-corrected chi connectivity index (χ3v) is 5.79. The molecule has 2 heterocycles. The Morgan fingerprint density at radius 3 is 2.50 bits per heavy atom. The number of nitrogens with one attached hydrogen (secondary N) is 2. The van der Waals surface area contributed by atoms with Crippen molar-refractivity contribution in [3.8, 4) is 0 Å². The van der Waals surface area contributed by atoms with Crippen LogP contribution in [0.25, 0.3) is 0 Å². The van der Waals surface area contributed by atoms with Crippen LogP contribution in [0.1, 0.15) is 16.7 Å². The fraction of sp³-hybridized carbons (Fsp3) is 0.115. The molecule has 1 aliphatic heterocycles. The van der Waals surface area contributed by atoms with Gasteiger partial charge in [-0.05, 0) is 35.4 Å². The summed E-state index contributed by atoms with van der Waals surface area (Å²) in [6.07, 6.45) is 1.67. The summed E-state index contributed by atoms with van der Waals surface area (Å²) in [5.74, 6) is 5.20. The fourth-order valence-electron chi connectivity index (χ4n) is 4.07. The minimum absolute atomic E-state index is 0.221. The smallest absolute Gasteiger partial charge is 0.227 e. The van der Waals surface area contributed by atoms with E-state index < -0.39 is 11.6 Å². The first kappa shape index (κ1) is 23.3. The molecular weight excluding hydrogens is 462 g/mol. The van der Waals surface area contributed by atoms with Gasteiger partial charge < -0.3 is 9.80 Å². The Labute approximate surface area is 207 Å². The highest BCUT2D eigenvalue weighted by Crippen LogP contribution is 2.39. The lowest BCUT2D eigenvalue weighted by Crippen LogP contribution is -2.43. The molecular formula is C26H24F2N8. The molecule has 0 amide bonds. The summed E-state index contributed by atoms with van der Waals surface area (Å²) in [6, 6.07) is 21.4. The number of anilines is 3. The summed E-state index contributed by atoms with van der Waals surface area (Å²) in [5.41, 5.74) is 8.95. The van der Waals surface area contributed by atoms with Gasteiger partial charge in [0.15, 0.2) is 17.5 Å². The first-order valence-electron chi connectivity index (χ1n) is 11.3. The van der Waals surface area contributed by atoms with Crippen molar-refractivity contribution in [2.45, 2.75) is 13.1 Å². The second-order valence-electron chi connectivity index (χ2n) is 8.30. The summed E-state index contributed by atoms with van der Waals surface area (Å²) in [6.45, 7) is 0.821. The highest BCUT2D eigenvalue weighted by Gasteiger charge is 2.26. The molecule has 4 N–H and O–H groups in total. The van der Waals surface area contributed by atoms with Gasteiger partial charge in [-0.15, -0.1) is 0 Å². The van der Waals surface area contributed by atoms with E-state index in [1.807, 2.05) is 71.4 Å². The molecule has 182 valence electrons. The monoisotopic (exact) mass is 486 g/mol. The van der Waals surface area contributed by atoms with E-state index in [0.717, 1.165) is 17.3 Å². The number of aromatic nitrogens is 2. The van der Waals surface area contributed by atoms with E-state index in [1.165, 1.54) is 6.07 Å². The van der Waals surface area contributed by atoms with Crippen LogP contribution >= 0.6 is 0 Å². The summed E-state index contributed by atoms with van der Waals surface area (Å²) < 4.78 is 27.7. The molecule has 5 rings (SSSR count). The maximum atomic E-state index is 14.1. The molecule has 0 spiro atoms. The number of nitrogens with two attached hydrogens (primary N) is 1. The number of amidine groups is 1. The Hall–Kier alpha value is -4.41. The second kappa shape index (κ2) is 10.1. The summed E-state index contributed by atoms with van der Waals surface area (Å²) in [7, 11) is 1.91. The molecule has 36 heavy (non-hydrogen) atoms. The van der Waals surface area contributed by atoms with E-state index in [-0.39, 0.29) is 6.54 Å². The maximum Gasteiger partial charge on any atom is 0.227 e. The number of benzene rings is 3. The predicted molar refractivity (Wildman–Crippen MR) is 136 cm³/mol. The molecule has 10 heteroatoms. The fourth-order valence-corrected chi connectivity index (χ4v) is 4.07. The molecule has 0 unspecified atom stereocenters. The Bertz CT molecular complexity index is 1410. The third-order valence-electron chi connectivity index (χ3n) is 5.79. The molecule has 0 saturated heterocycles. The number of nitrogens with zero attached hydrogens (tertiary/aromatic N) is 5. The molecule has 4 aromatic rings. The van der Waals surface area contributed by atoms with E-state index in [0.29, 0.717) is 41.0 Å². The van der Waals surface area contributed by atoms with E-state index in [4.69, 9.17) is 15.8 Å². The quantitative estimate of drug-likeness (QED) is 0.279. The zero-order valence-corrected chi connectivity index (χ0v) is 19.5. The van der Waals surface area contributed by atoms with Crippen molar-refractivity contribution in [2.75, 3.05) is 16.8 Å². The van der Waals surface area contributed by atoms with Gasteiger partial charge in [0.25, 0.3) is 0 Å². The van der Waals surface area contributed by atoms with E-state index >= 15 is 0 Å². The molecule has 3 aromatic carbocycles. The average Bonchev–Trinajstić information content (AvgIpc) is 3.01. The number of halogens is 2. The van der Waals surface area contributed by atoms with Gasteiger partial charge in [0, 0.05) is 26.3 Å². The van der Waals surface area contributed by atoms with Crippen LogP contribution in [0.4, 0.5) is 31.9 Å². The normalized spacial score (nSPS) is 12.3. The summed E-state index contributed by atoms with van der Waals surface area (Å²) in [5, 5.41) is 0. The van der Waals surface area contributed by atoms with E-state index in [2.05, 4.69) is 15.9 Å². The molecule has 0 aliphatic carbocycles. The number of para-hydroxylation sites is 2. The van der Waals surface area contributed by atoms with Gasteiger partial charge in [-0.2, -0.15) is 10.5 Å². The zero-order chi connectivity index (χ0) is 25.1.